The van der Waals surface area contributed by atoms with Crippen LogP contribution in [0.15, 0.2) is 71.1 Å². The zero-order chi connectivity index (χ0) is 19.9. The molecule has 0 saturated carbocycles. The molecule has 0 bridgehead atoms. The number of rotatable bonds is 8. The Kier molecular flexibility index (Phi) is 10.7. The quantitative estimate of drug-likeness (QED) is 0.389. The van der Waals surface area contributed by atoms with Crippen LogP contribution in [-0.4, -0.2) is 30.7 Å². The Morgan fingerprint density at radius 1 is 1.04 bits per heavy atom. The summed E-state index contributed by atoms with van der Waals surface area (Å²) in [4.78, 5) is 1.17. The molecular weight excluding hydrogens is 364 g/mol. The topological polar surface area (TPSA) is 29.5 Å². The molecule has 0 aliphatic carbocycles. The van der Waals surface area contributed by atoms with Gasteiger partial charge in [-0.2, -0.15) is 0 Å². The maximum absolute atomic E-state index is 10.5. The van der Waals surface area contributed by atoms with Crippen LogP contribution in [-0.2, 0) is 4.74 Å². The molecule has 144 valence electrons. The van der Waals surface area contributed by atoms with E-state index in [0.29, 0.717) is 11.3 Å². The average Bonchev–Trinajstić information content (AvgIpc) is 2.74. The summed E-state index contributed by atoms with van der Waals surface area (Å²) in [5, 5.41) is 10.5. The van der Waals surface area contributed by atoms with Crippen molar-refractivity contribution in [3.05, 3.63) is 71.8 Å². The Bertz CT molecular complexity index is 836. The highest BCUT2D eigenvalue weighted by Crippen LogP contribution is 2.16. The van der Waals surface area contributed by atoms with Crippen LogP contribution >= 0.6 is 11.8 Å². The van der Waals surface area contributed by atoms with Crippen LogP contribution in [0.1, 0.15) is 24.8 Å². The molecule has 2 aromatic carbocycles. The fourth-order valence-corrected chi connectivity index (χ4v) is 3.06. The normalized spacial score (nSPS) is 11.7. The van der Waals surface area contributed by atoms with Crippen molar-refractivity contribution in [3.63, 3.8) is 0 Å². The van der Waals surface area contributed by atoms with E-state index in [1.54, 1.807) is 18.9 Å². The monoisotopic (exact) mass is 390 g/mol. The largest absolute Gasteiger partial charge is 0.385 e. The van der Waals surface area contributed by atoms with E-state index in [9.17, 15) is 5.11 Å². The van der Waals surface area contributed by atoms with Crippen LogP contribution in [0.25, 0.3) is 6.08 Å². The van der Waals surface area contributed by atoms with Crippen molar-refractivity contribution in [1.29, 1.82) is 0 Å². The van der Waals surface area contributed by atoms with Crippen LogP contribution < -0.4 is 0 Å². The van der Waals surface area contributed by atoms with Crippen molar-refractivity contribution in [2.45, 2.75) is 30.3 Å². The molecule has 0 aromatic heterocycles. The van der Waals surface area contributed by atoms with Gasteiger partial charge in [0.05, 0.1) is 5.75 Å². The Morgan fingerprint density at radius 3 is 2.46 bits per heavy atom. The van der Waals surface area contributed by atoms with E-state index in [2.05, 4.69) is 35.8 Å². The number of thioether (sulfide) groups is 1. The van der Waals surface area contributed by atoms with Gasteiger partial charge in [0.1, 0.15) is 6.10 Å². The molecule has 0 amide bonds. The number of aliphatic hydroxyl groups excluding tert-OH is 1. The highest BCUT2D eigenvalue weighted by Gasteiger charge is 2.05. The van der Waals surface area contributed by atoms with Crippen molar-refractivity contribution >= 4 is 17.8 Å². The second kappa shape index (κ2) is 13.7. The van der Waals surface area contributed by atoms with Gasteiger partial charge < -0.3 is 9.84 Å². The summed E-state index contributed by atoms with van der Waals surface area (Å²) in [5.74, 6) is 12.9. The summed E-state index contributed by atoms with van der Waals surface area (Å²) in [6.45, 7) is 0.752. The lowest BCUT2D eigenvalue weighted by molar-refractivity contribution is 0.193. The molecule has 3 heteroatoms. The Morgan fingerprint density at radius 2 is 1.75 bits per heavy atom. The molecule has 0 aliphatic heterocycles. The van der Waals surface area contributed by atoms with Gasteiger partial charge in [-0.1, -0.05) is 72.2 Å². The van der Waals surface area contributed by atoms with Gasteiger partial charge in [0.15, 0.2) is 0 Å². The summed E-state index contributed by atoms with van der Waals surface area (Å²) in [5.41, 5.74) is 1.64. The number of ether oxygens (including phenoxy) is 1. The van der Waals surface area contributed by atoms with Crippen molar-refractivity contribution in [2.24, 2.45) is 0 Å². The maximum Gasteiger partial charge on any atom is 0.147 e. The van der Waals surface area contributed by atoms with E-state index in [0.717, 1.165) is 31.4 Å². The molecule has 0 saturated heterocycles. The van der Waals surface area contributed by atoms with Crippen molar-refractivity contribution in [2.75, 3.05) is 19.5 Å². The lowest BCUT2D eigenvalue weighted by Gasteiger charge is -2.04. The first-order valence-electron chi connectivity index (χ1n) is 9.38. The van der Waals surface area contributed by atoms with E-state index in [-0.39, 0.29) is 0 Å². The van der Waals surface area contributed by atoms with Gasteiger partial charge in [-0.15, -0.1) is 11.8 Å². The summed E-state index contributed by atoms with van der Waals surface area (Å²) >= 11 is 1.66. The van der Waals surface area contributed by atoms with Gasteiger partial charge in [-0.3, -0.25) is 0 Å². The summed E-state index contributed by atoms with van der Waals surface area (Å²) < 4.78 is 5.05. The highest BCUT2D eigenvalue weighted by atomic mass is 32.2. The Balaban J connectivity index is 2.00. The SMILES string of the molecule is COCCCCC#C/C(=C\c1ccccc1)C(O)C#CCSc1ccccc1. The predicted molar refractivity (Wildman–Crippen MR) is 119 cm³/mol. The molecule has 0 spiro atoms. The Hall–Kier alpha value is -2.43. The molecule has 2 aromatic rings. The second-order valence-corrected chi connectivity index (χ2v) is 7.14. The number of benzene rings is 2. The summed E-state index contributed by atoms with van der Waals surface area (Å²) in [7, 11) is 1.71. The molecule has 1 N–H and O–H groups in total. The fourth-order valence-electron chi connectivity index (χ4n) is 2.39. The minimum atomic E-state index is -0.886. The van der Waals surface area contributed by atoms with Crippen molar-refractivity contribution in [1.82, 2.24) is 0 Å². The van der Waals surface area contributed by atoms with Gasteiger partial charge >= 0.3 is 0 Å². The molecule has 0 radical (unpaired) electrons. The van der Waals surface area contributed by atoms with Crippen LogP contribution in [0.5, 0.6) is 0 Å². The minimum absolute atomic E-state index is 0.629. The van der Waals surface area contributed by atoms with Crippen molar-refractivity contribution in [3.8, 4) is 23.7 Å². The minimum Gasteiger partial charge on any atom is -0.385 e. The number of aliphatic hydroxyl groups is 1. The number of hydrogen-bond donors (Lipinski definition) is 1. The number of unbranched alkanes of at least 4 members (excludes halogenated alkanes) is 2. The van der Waals surface area contributed by atoms with Gasteiger partial charge in [-0.05, 0) is 36.6 Å². The lowest BCUT2D eigenvalue weighted by atomic mass is 10.1. The third-order valence-electron chi connectivity index (χ3n) is 3.84. The third-order valence-corrected chi connectivity index (χ3v) is 4.74. The van der Waals surface area contributed by atoms with Crippen molar-refractivity contribution < 1.29 is 9.84 Å². The maximum atomic E-state index is 10.5. The third kappa shape index (κ3) is 8.98. The molecule has 1 atom stereocenters. The first kappa shape index (κ1) is 21.9. The zero-order valence-corrected chi connectivity index (χ0v) is 17.0. The smallest absolute Gasteiger partial charge is 0.147 e. The highest BCUT2D eigenvalue weighted by molar-refractivity contribution is 7.99. The van der Waals surface area contributed by atoms with Crippen LogP contribution in [0, 0.1) is 23.7 Å². The second-order valence-electron chi connectivity index (χ2n) is 6.09. The van der Waals surface area contributed by atoms with E-state index in [1.807, 2.05) is 54.6 Å². The molecule has 2 nitrogen and oxygen atoms in total. The van der Waals surface area contributed by atoms with E-state index >= 15 is 0 Å². The van der Waals surface area contributed by atoms with E-state index in [4.69, 9.17) is 4.74 Å². The zero-order valence-electron chi connectivity index (χ0n) is 16.2. The number of hydrogen-bond acceptors (Lipinski definition) is 3. The molecule has 2 rings (SSSR count). The standard InChI is InChI=1S/C25H26O2S/c1-27-19-11-3-2-8-15-23(21-22-13-6-4-7-14-22)25(26)18-12-20-28-24-16-9-5-10-17-24/h4-7,9-10,13-14,16-17,21,25-26H,2-3,11,19-20H2,1H3/b23-21+. The average molecular weight is 391 g/mol. The van der Waals surface area contributed by atoms with Crippen LogP contribution in [0.3, 0.4) is 0 Å². The number of methoxy groups -OCH3 is 1. The fraction of sp³-hybridized carbons (Fsp3) is 0.280. The van der Waals surface area contributed by atoms with Gasteiger partial charge in [-0.25, -0.2) is 0 Å². The summed E-state index contributed by atoms with van der Waals surface area (Å²) in [6.07, 6.45) is 3.77. The molecule has 0 aliphatic rings. The Labute approximate surface area is 173 Å². The van der Waals surface area contributed by atoms with E-state index < -0.39 is 6.10 Å². The first-order valence-corrected chi connectivity index (χ1v) is 10.4. The van der Waals surface area contributed by atoms with Crippen LogP contribution in [0.4, 0.5) is 0 Å². The van der Waals surface area contributed by atoms with Gasteiger partial charge in [0, 0.05) is 30.6 Å². The molecule has 0 heterocycles. The van der Waals surface area contributed by atoms with Crippen LogP contribution in [0.2, 0.25) is 0 Å². The van der Waals surface area contributed by atoms with Gasteiger partial charge in [0.2, 0.25) is 0 Å². The summed E-state index contributed by atoms with van der Waals surface area (Å²) in [6, 6.07) is 20.0. The first-order chi connectivity index (χ1) is 13.8. The predicted octanol–water partition coefficient (Wildman–Crippen LogP) is 5.05. The van der Waals surface area contributed by atoms with E-state index in [1.165, 1.54) is 4.90 Å². The molecular formula is C25H26O2S. The molecule has 0 fully saturated rings. The molecule has 1 unspecified atom stereocenters. The van der Waals surface area contributed by atoms with Gasteiger partial charge in [0.25, 0.3) is 0 Å². The lowest BCUT2D eigenvalue weighted by Crippen LogP contribution is -2.06. The molecule has 28 heavy (non-hydrogen) atoms.